The SMILES string of the molecule is CCOC(=O)CC(=O)NC(CC(=O)OCC)c1ccccc1.CCOC(=O)CC(N)c1ccccc1. The molecule has 0 saturated carbocycles. The predicted molar refractivity (Wildman–Crippen MR) is 134 cm³/mol. The quantitative estimate of drug-likeness (QED) is 0.257. The summed E-state index contributed by atoms with van der Waals surface area (Å²) >= 11 is 0. The van der Waals surface area contributed by atoms with Crippen LogP contribution in [-0.2, 0) is 33.4 Å². The number of nitrogens with two attached hydrogens (primary N) is 1. The highest BCUT2D eigenvalue weighted by molar-refractivity contribution is 5.94. The third kappa shape index (κ3) is 12.7. The van der Waals surface area contributed by atoms with Crippen molar-refractivity contribution < 1.29 is 33.4 Å². The molecule has 3 N–H and O–H groups in total. The predicted octanol–water partition coefficient (Wildman–Crippen LogP) is 3.39. The van der Waals surface area contributed by atoms with Gasteiger partial charge in [-0.3, -0.25) is 19.2 Å². The Morgan fingerprint density at radius 3 is 1.64 bits per heavy atom. The van der Waals surface area contributed by atoms with Crippen LogP contribution in [0.25, 0.3) is 0 Å². The number of esters is 3. The average Bonchev–Trinajstić information content (AvgIpc) is 2.85. The maximum atomic E-state index is 11.9. The van der Waals surface area contributed by atoms with E-state index in [0.29, 0.717) is 6.61 Å². The van der Waals surface area contributed by atoms with E-state index >= 15 is 0 Å². The van der Waals surface area contributed by atoms with Crippen LogP contribution in [0.15, 0.2) is 60.7 Å². The first-order valence-corrected chi connectivity index (χ1v) is 11.9. The number of benzene rings is 2. The van der Waals surface area contributed by atoms with Crippen LogP contribution in [0.5, 0.6) is 0 Å². The number of rotatable bonds is 12. The molecular formula is C27H36N2O7. The van der Waals surface area contributed by atoms with Gasteiger partial charge in [0.2, 0.25) is 5.91 Å². The molecule has 0 aliphatic rings. The van der Waals surface area contributed by atoms with Crippen molar-refractivity contribution in [1.29, 1.82) is 0 Å². The van der Waals surface area contributed by atoms with E-state index in [-0.39, 0.29) is 44.5 Å². The second kappa shape index (κ2) is 17.7. The molecule has 0 heterocycles. The molecule has 0 aliphatic carbocycles. The van der Waals surface area contributed by atoms with Crippen LogP contribution >= 0.6 is 0 Å². The van der Waals surface area contributed by atoms with Gasteiger partial charge < -0.3 is 25.3 Å². The molecule has 2 atom stereocenters. The summed E-state index contributed by atoms with van der Waals surface area (Å²) in [4.78, 5) is 46.0. The molecule has 9 heteroatoms. The summed E-state index contributed by atoms with van der Waals surface area (Å²) in [6, 6.07) is 17.8. The summed E-state index contributed by atoms with van der Waals surface area (Å²) in [5.74, 6) is -1.74. The molecule has 2 rings (SSSR count). The van der Waals surface area contributed by atoms with E-state index in [2.05, 4.69) is 5.32 Å². The first-order valence-electron chi connectivity index (χ1n) is 11.9. The summed E-state index contributed by atoms with van der Waals surface area (Å²) in [7, 11) is 0. The minimum atomic E-state index is -0.594. The third-order valence-electron chi connectivity index (χ3n) is 4.74. The molecule has 0 saturated heterocycles. The van der Waals surface area contributed by atoms with Crippen molar-refractivity contribution >= 4 is 23.8 Å². The zero-order valence-electron chi connectivity index (χ0n) is 21.1. The zero-order valence-corrected chi connectivity index (χ0v) is 21.1. The molecule has 9 nitrogen and oxygen atoms in total. The minimum absolute atomic E-state index is 0.00637. The number of hydrogen-bond acceptors (Lipinski definition) is 8. The van der Waals surface area contributed by atoms with Crippen molar-refractivity contribution in [1.82, 2.24) is 5.32 Å². The lowest BCUT2D eigenvalue weighted by Gasteiger charge is -2.18. The number of ether oxygens (including phenoxy) is 3. The van der Waals surface area contributed by atoms with Gasteiger partial charge in [-0.25, -0.2) is 0 Å². The van der Waals surface area contributed by atoms with E-state index in [9.17, 15) is 19.2 Å². The molecule has 0 bridgehead atoms. The summed E-state index contributed by atoms with van der Waals surface area (Å²) in [5, 5.41) is 2.67. The van der Waals surface area contributed by atoms with E-state index in [0.717, 1.165) is 11.1 Å². The Morgan fingerprint density at radius 1 is 0.694 bits per heavy atom. The number of hydrogen-bond donors (Lipinski definition) is 2. The van der Waals surface area contributed by atoms with E-state index in [1.807, 2.05) is 48.5 Å². The average molecular weight is 501 g/mol. The van der Waals surface area contributed by atoms with Crippen molar-refractivity contribution in [3.8, 4) is 0 Å². The highest BCUT2D eigenvalue weighted by atomic mass is 16.5. The van der Waals surface area contributed by atoms with Gasteiger partial charge in [-0.2, -0.15) is 0 Å². The maximum Gasteiger partial charge on any atom is 0.315 e. The summed E-state index contributed by atoms with van der Waals surface area (Å²) in [6.45, 7) is 6.07. The van der Waals surface area contributed by atoms with Gasteiger partial charge in [-0.1, -0.05) is 60.7 Å². The molecule has 0 radical (unpaired) electrons. The lowest BCUT2D eigenvalue weighted by molar-refractivity contribution is -0.146. The highest BCUT2D eigenvalue weighted by Crippen LogP contribution is 2.17. The van der Waals surface area contributed by atoms with Crippen molar-refractivity contribution in [2.75, 3.05) is 19.8 Å². The summed E-state index contributed by atoms with van der Waals surface area (Å²) in [6.07, 6.45) is -0.135. The fraction of sp³-hybridized carbons (Fsp3) is 0.407. The van der Waals surface area contributed by atoms with Crippen LogP contribution < -0.4 is 11.1 Å². The Hall–Kier alpha value is -3.72. The van der Waals surface area contributed by atoms with Gasteiger partial charge in [0.1, 0.15) is 6.42 Å². The highest BCUT2D eigenvalue weighted by Gasteiger charge is 2.20. The summed E-state index contributed by atoms with van der Waals surface area (Å²) < 4.78 is 14.5. The van der Waals surface area contributed by atoms with E-state index in [4.69, 9.17) is 19.9 Å². The van der Waals surface area contributed by atoms with Gasteiger partial charge in [0.15, 0.2) is 0 Å². The number of nitrogens with one attached hydrogen (secondary N) is 1. The topological polar surface area (TPSA) is 134 Å². The van der Waals surface area contributed by atoms with Gasteiger partial charge in [0.05, 0.1) is 38.7 Å². The lowest BCUT2D eigenvalue weighted by atomic mass is 10.0. The van der Waals surface area contributed by atoms with Crippen LogP contribution in [0, 0.1) is 0 Å². The Kier molecular flexibility index (Phi) is 14.9. The first-order chi connectivity index (χ1) is 17.3. The van der Waals surface area contributed by atoms with Gasteiger partial charge in [-0.05, 0) is 31.9 Å². The molecule has 1 amide bonds. The monoisotopic (exact) mass is 500 g/mol. The van der Waals surface area contributed by atoms with E-state index < -0.39 is 23.9 Å². The molecule has 196 valence electrons. The summed E-state index contributed by atoms with van der Waals surface area (Å²) in [5.41, 5.74) is 7.56. The first kappa shape index (κ1) is 30.3. The fourth-order valence-corrected chi connectivity index (χ4v) is 3.13. The van der Waals surface area contributed by atoms with Crippen LogP contribution in [0.1, 0.15) is 63.2 Å². The van der Waals surface area contributed by atoms with Crippen LogP contribution in [0.2, 0.25) is 0 Å². The third-order valence-corrected chi connectivity index (χ3v) is 4.74. The zero-order chi connectivity index (χ0) is 26.8. The van der Waals surface area contributed by atoms with Crippen LogP contribution in [-0.4, -0.2) is 43.6 Å². The van der Waals surface area contributed by atoms with Gasteiger partial charge in [0, 0.05) is 6.04 Å². The smallest absolute Gasteiger partial charge is 0.315 e. The number of amides is 1. The molecule has 0 fully saturated rings. The maximum absolute atomic E-state index is 11.9. The molecular weight excluding hydrogens is 464 g/mol. The number of carbonyl (C=O) groups is 4. The van der Waals surface area contributed by atoms with Crippen LogP contribution in [0.3, 0.4) is 0 Å². The second-order valence-electron chi connectivity index (χ2n) is 7.55. The Bertz CT molecular complexity index is 936. The van der Waals surface area contributed by atoms with E-state index in [1.165, 1.54) is 0 Å². The Balaban J connectivity index is 0.000000397. The van der Waals surface area contributed by atoms with Crippen molar-refractivity contribution in [2.45, 2.75) is 52.1 Å². The minimum Gasteiger partial charge on any atom is -0.466 e. The van der Waals surface area contributed by atoms with Gasteiger partial charge in [-0.15, -0.1) is 0 Å². The van der Waals surface area contributed by atoms with Crippen molar-refractivity contribution in [2.24, 2.45) is 5.73 Å². The normalized spacial score (nSPS) is 11.7. The largest absolute Gasteiger partial charge is 0.466 e. The lowest BCUT2D eigenvalue weighted by Crippen LogP contribution is -2.32. The van der Waals surface area contributed by atoms with Gasteiger partial charge >= 0.3 is 17.9 Å². The second-order valence-corrected chi connectivity index (χ2v) is 7.55. The van der Waals surface area contributed by atoms with Crippen molar-refractivity contribution in [3.05, 3.63) is 71.8 Å². The van der Waals surface area contributed by atoms with Crippen molar-refractivity contribution in [3.63, 3.8) is 0 Å². The molecule has 2 aromatic rings. The van der Waals surface area contributed by atoms with E-state index in [1.54, 1.807) is 32.9 Å². The standard InChI is InChI=1S/C16H21NO5.C11H15NO2/c1-3-21-15(19)10-13(12-8-6-5-7-9-12)17-14(18)11-16(20)22-4-2;1-2-14-11(13)8-10(12)9-6-4-3-5-7-9/h5-9,13H,3-4,10-11H2,1-2H3,(H,17,18);3-7,10H,2,8,12H2,1H3. The molecule has 2 aromatic carbocycles. The Labute approximate surface area is 212 Å². The molecule has 2 unspecified atom stereocenters. The fourth-order valence-electron chi connectivity index (χ4n) is 3.13. The molecule has 0 spiro atoms. The van der Waals surface area contributed by atoms with Crippen LogP contribution in [0.4, 0.5) is 0 Å². The van der Waals surface area contributed by atoms with Gasteiger partial charge in [0.25, 0.3) is 0 Å². The molecule has 36 heavy (non-hydrogen) atoms. The Morgan fingerprint density at radius 2 is 1.14 bits per heavy atom. The number of carbonyl (C=O) groups excluding carboxylic acids is 4. The molecule has 0 aliphatic heterocycles. The molecule has 0 aromatic heterocycles.